The average Bonchev–Trinajstić information content (AvgIpc) is 2.90. The molecule has 0 aliphatic carbocycles. The van der Waals surface area contributed by atoms with Crippen LogP contribution in [0.25, 0.3) is 0 Å². The van der Waals surface area contributed by atoms with Gasteiger partial charge in [0.05, 0.1) is 10.7 Å². The van der Waals surface area contributed by atoms with Crippen LogP contribution in [-0.2, 0) is 11.2 Å². The molecule has 0 unspecified atom stereocenters. The van der Waals surface area contributed by atoms with Gasteiger partial charge in [-0.15, -0.1) is 11.3 Å². The number of carbonyl (C=O) groups excluding carboxylic acids is 1. The smallest absolute Gasteiger partial charge is 0.224 e. The van der Waals surface area contributed by atoms with Crippen LogP contribution >= 0.6 is 11.3 Å². The van der Waals surface area contributed by atoms with Gasteiger partial charge in [-0.2, -0.15) is 0 Å². The van der Waals surface area contributed by atoms with E-state index >= 15 is 0 Å². The fourth-order valence-corrected chi connectivity index (χ4v) is 2.97. The summed E-state index contributed by atoms with van der Waals surface area (Å²) in [6.07, 6.45) is 1.17. The summed E-state index contributed by atoms with van der Waals surface area (Å²) < 4.78 is 0. The number of anilines is 1. The van der Waals surface area contributed by atoms with Crippen molar-refractivity contribution < 1.29 is 4.79 Å². The van der Waals surface area contributed by atoms with E-state index in [9.17, 15) is 4.79 Å². The van der Waals surface area contributed by atoms with Crippen molar-refractivity contribution in [3.05, 3.63) is 45.4 Å². The SMILES string of the molecule is Cc1ccc(C)c(NC(=O)CCc2nc(C(C)C)cs2)c1. The third kappa shape index (κ3) is 4.39. The van der Waals surface area contributed by atoms with Gasteiger partial charge in [-0.25, -0.2) is 4.98 Å². The van der Waals surface area contributed by atoms with Gasteiger partial charge in [-0.05, 0) is 37.0 Å². The number of rotatable bonds is 5. The van der Waals surface area contributed by atoms with Crippen molar-refractivity contribution in [2.24, 2.45) is 0 Å². The van der Waals surface area contributed by atoms with Gasteiger partial charge in [0.25, 0.3) is 0 Å². The summed E-state index contributed by atoms with van der Waals surface area (Å²) in [5.41, 5.74) is 4.26. The first-order valence-corrected chi connectivity index (χ1v) is 8.15. The van der Waals surface area contributed by atoms with Gasteiger partial charge in [0, 0.05) is 23.9 Å². The predicted molar refractivity (Wildman–Crippen MR) is 89.1 cm³/mol. The monoisotopic (exact) mass is 302 g/mol. The highest BCUT2D eigenvalue weighted by Crippen LogP contribution is 2.20. The molecule has 2 aromatic rings. The molecule has 0 fully saturated rings. The van der Waals surface area contributed by atoms with E-state index < -0.39 is 0 Å². The van der Waals surface area contributed by atoms with Crippen LogP contribution in [0.1, 0.15) is 48.0 Å². The maximum absolute atomic E-state index is 12.1. The molecule has 0 aliphatic heterocycles. The fourth-order valence-electron chi connectivity index (χ4n) is 2.01. The quantitative estimate of drug-likeness (QED) is 0.886. The highest BCUT2D eigenvalue weighted by Gasteiger charge is 2.09. The molecule has 1 N–H and O–H groups in total. The number of thiazole rings is 1. The second kappa shape index (κ2) is 6.85. The van der Waals surface area contributed by atoms with E-state index in [4.69, 9.17) is 0 Å². The van der Waals surface area contributed by atoms with E-state index in [0.717, 1.165) is 27.5 Å². The topological polar surface area (TPSA) is 42.0 Å². The maximum atomic E-state index is 12.1. The van der Waals surface area contributed by atoms with Gasteiger partial charge in [0.1, 0.15) is 0 Å². The number of aryl methyl sites for hydroxylation is 3. The van der Waals surface area contributed by atoms with Gasteiger partial charge < -0.3 is 5.32 Å². The molecule has 2 rings (SSSR count). The third-order valence-electron chi connectivity index (χ3n) is 3.39. The highest BCUT2D eigenvalue weighted by molar-refractivity contribution is 7.09. The average molecular weight is 302 g/mol. The van der Waals surface area contributed by atoms with E-state index in [0.29, 0.717) is 18.8 Å². The number of nitrogens with zero attached hydrogens (tertiary/aromatic N) is 1. The number of carbonyl (C=O) groups is 1. The number of amides is 1. The fraction of sp³-hybridized carbons (Fsp3) is 0.412. The summed E-state index contributed by atoms with van der Waals surface area (Å²) in [5.74, 6) is 0.490. The molecule has 0 spiro atoms. The van der Waals surface area contributed by atoms with Crippen LogP contribution in [-0.4, -0.2) is 10.9 Å². The predicted octanol–water partition coefficient (Wildman–Crippen LogP) is 4.45. The van der Waals surface area contributed by atoms with Crippen molar-refractivity contribution in [2.75, 3.05) is 5.32 Å². The van der Waals surface area contributed by atoms with Gasteiger partial charge in [-0.3, -0.25) is 4.79 Å². The zero-order valence-electron chi connectivity index (χ0n) is 13.1. The molecular weight excluding hydrogens is 280 g/mol. The second-order valence-electron chi connectivity index (χ2n) is 5.69. The van der Waals surface area contributed by atoms with Crippen LogP contribution in [0.4, 0.5) is 5.69 Å². The molecule has 0 saturated carbocycles. The van der Waals surface area contributed by atoms with E-state index in [2.05, 4.69) is 29.5 Å². The Morgan fingerprint density at radius 1 is 1.33 bits per heavy atom. The molecule has 0 bridgehead atoms. The zero-order valence-corrected chi connectivity index (χ0v) is 13.9. The Morgan fingerprint density at radius 3 is 2.76 bits per heavy atom. The lowest BCUT2D eigenvalue weighted by atomic mass is 10.1. The first-order valence-electron chi connectivity index (χ1n) is 7.27. The lowest BCUT2D eigenvalue weighted by Gasteiger charge is -2.08. The molecule has 1 aromatic heterocycles. The summed E-state index contributed by atoms with van der Waals surface area (Å²) >= 11 is 1.64. The molecule has 0 radical (unpaired) electrons. The number of hydrogen-bond donors (Lipinski definition) is 1. The van der Waals surface area contributed by atoms with E-state index in [1.54, 1.807) is 11.3 Å². The van der Waals surface area contributed by atoms with Crippen molar-refractivity contribution >= 4 is 22.9 Å². The molecule has 21 heavy (non-hydrogen) atoms. The highest BCUT2D eigenvalue weighted by atomic mass is 32.1. The van der Waals surface area contributed by atoms with E-state index in [1.807, 2.05) is 32.0 Å². The number of aromatic nitrogens is 1. The largest absolute Gasteiger partial charge is 0.326 e. The Kier molecular flexibility index (Phi) is 5.12. The van der Waals surface area contributed by atoms with Crippen molar-refractivity contribution in [3.8, 4) is 0 Å². The zero-order chi connectivity index (χ0) is 15.4. The van der Waals surface area contributed by atoms with Gasteiger partial charge in [0.15, 0.2) is 0 Å². The van der Waals surface area contributed by atoms with Crippen LogP contribution in [0.3, 0.4) is 0 Å². The van der Waals surface area contributed by atoms with Crippen LogP contribution < -0.4 is 5.32 Å². The summed E-state index contributed by atoms with van der Waals surface area (Å²) in [5, 5.41) is 6.11. The first kappa shape index (κ1) is 15.7. The van der Waals surface area contributed by atoms with Gasteiger partial charge in [0.2, 0.25) is 5.91 Å². The molecular formula is C17H22N2OS. The van der Waals surface area contributed by atoms with Gasteiger partial charge >= 0.3 is 0 Å². The lowest BCUT2D eigenvalue weighted by molar-refractivity contribution is -0.116. The van der Waals surface area contributed by atoms with Crippen molar-refractivity contribution in [2.45, 2.75) is 46.5 Å². The Hall–Kier alpha value is -1.68. The van der Waals surface area contributed by atoms with Crippen molar-refractivity contribution in [3.63, 3.8) is 0 Å². The van der Waals surface area contributed by atoms with E-state index in [1.165, 1.54) is 0 Å². The van der Waals surface area contributed by atoms with Crippen molar-refractivity contribution in [1.29, 1.82) is 0 Å². The third-order valence-corrected chi connectivity index (χ3v) is 4.32. The lowest BCUT2D eigenvalue weighted by Crippen LogP contribution is -2.13. The molecule has 1 heterocycles. The molecule has 0 aliphatic rings. The molecule has 1 aromatic carbocycles. The molecule has 112 valence electrons. The second-order valence-corrected chi connectivity index (χ2v) is 6.63. The van der Waals surface area contributed by atoms with Crippen molar-refractivity contribution in [1.82, 2.24) is 4.98 Å². The normalized spacial score (nSPS) is 10.9. The molecule has 4 heteroatoms. The van der Waals surface area contributed by atoms with Crippen LogP contribution in [0.15, 0.2) is 23.6 Å². The minimum atomic E-state index is 0.0463. The summed E-state index contributed by atoms with van der Waals surface area (Å²) in [6.45, 7) is 8.29. The number of nitrogens with one attached hydrogen (secondary N) is 1. The molecule has 3 nitrogen and oxygen atoms in total. The summed E-state index contributed by atoms with van der Waals surface area (Å²) in [4.78, 5) is 16.6. The standard InChI is InChI=1S/C17H22N2OS/c1-11(2)15-10-21-17(19-15)8-7-16(20)18-14-9-12(3)5-6-13(14)4/h5-6,9-11H,7-8H2,1-4H3,(H,18,20). The molecule has 1 amide bonds. The van der Waals surface area contributed by atoms with E-state index in [-0.39, 0.29) is 5.91 Å². The Labute approximate surface area is 130 Å². The minimum Gasteiger partial charge on any atom is -0.326 e. The van der Waals surface area contributed by atoms with Crippen LogP contribution in [0.5, 0.6) is 0 Å². The number of hydrogen-bond acceptors (Lipinski definition) is 3. The summed E-state index contributed by atoms with van der Waals surface area (Å²) in [7, 11) is 0. The van der Waals surface area contributed by atoms with Crippen LogP contribution in [0, 0.1) is 13.8 Å². The Balaban J connectivity index is 1.91. The Morgan fingerprint density at radius 2 is 2.10 bits per heavy atom. The molecule has 0 saturated heterocycles. The van der Waals surface area contributed by atoms with Gasteiger partial charge in [-0.1, -0.05) is 26.0 Å². The molecule has 0 atom stereocenters. The summed E-state index contributed by atoms with van der Waals surface area (Å²) in [6, 6.07) is 6.09. The minimum absolute atomic E-state index is 0.0463. The number of benzene rings is 1. The maximum Gasteiger partial charge on any atom is 0.224 e. The Bertz CT molecular complexity index is 631. The first-order chi connectivity index (χ1) is 9.95. The van der Waals surface area contributed by atoms with Crippen LogP contribution in [0.2, 0.25) is 0 Å².